The molecule has 104 valence electrons. The number of para-hydroxylation sites is 1. The lowest BCUT2D eigenvalue weighted by Gasteiger charge is -2.10. The molecule has 1 unspecified atom stereocenters. The maximum Gasteiger partial charge on any atom is 0.169 e. The highest BCUT2D eigenvalue weighted by Gasteiger charge is 2.10. The number of nitrogens with one attached hydrogen (secondary N) is 1. The molecule has 1 atom stereocenters. The van der Waals surface area contributed by atoms with Gasteiger partial charge in [0, 0.05) is 25.5 Å². The van der Waals surface area contributed by atoms with Crippen LogP contribution in [0.1, 0.15) is 12.7 Å². The van der Waals surface area contributed by atoms with Crippen LogP contribution in [0.4, 0.5) is 4.39 Å². The summed E-state index contributed by atoms with van der Waals surface area (Å²) in [5.41, 5.74) is 0.358. The average molecular weight is 265 g/mol. The van der Waals surface area contributed by atoms with E-state index in [-0.39, 0.29) is 5.82 Å². The van der Waals surface area contributed by atoms with Crippen LogP contribution in [0.25, 0.3) is 11.0 Å². The first kappa shape index (κ1) is 14.0. The van der Waals surface area contributed by atoms with Crippen LogP contribution in [-0.2, 0) is 11.2 Å². The molecule has 3 nitrogen and oxygen atoms in total. The van der Waals surface area contributed by atoms with E-state index < -0.39 is 0 Å². The van der Waals surface area contributed by atoms with Crippen molar-refractivity contribution in [3.8, 4) is 0 Å². The van der Waals surface area contributed by atoms with E-state index in [1.165, 1.54) is 6.07 Å². The van der Waals surface area contributed by atoms with Gasteiger partial charge in [0.25, 0.3) is 0 Å². The normalized spacial score (nSPS) is 13.0. The average Bonchev–Trinajstić information content (AvgIpc) is 2.79. The smallest absolute Gasteiger partial charge is 0.169 e. The summed E-state index contributed by atoms with van der Waals surface area (Å²) < 4.78 is 24.0. The van der Waals surface area contributed by atoms with Gasteiger partial charge in [-0.25, -0.2) is 4.39 Å². The fourth-order valence-corrected chi connectivity index (χ4v) is 2.12. The van der Waals surface area contributed by atoms with Crippen LogP contribution in [-0.4, -0.2) is 26.8 Å². The summed E-state index contributed by atoms with van der Waals surface area (Å²) in [5, 5.41) is 4.14. The van der Waals surface area contributed by atoms with Crippen LogP contribution < -0.4 is 5.32 Å². The zero-order chi connectivity index (χ0) is 13.7. The summed E-state index contributed by atoms with van der Waals surface area (Å²) in [6.45, 7) is 4.59. The number of hydrogen-bond donors (Lipinski definition) is 1. The van der Waals surface area contributed by atoms with Gasteiger partial charge in [-0.05, 0) is 24.6 Å². The van der Waals surface area contributed by atoms with Crippen molar-refractivity contribution < 1.29 is 13.5 Å². The first-order valence-corrected chi connectivity index (χ1v) is 6.57. The third-order valence-electron chi connectivity index (χ3n) is 3.07. The third kappa shape index (κ3) is 3.78. The molecule has 4 heteroatoms. The summed E-state index contributed by atoms with van der Waals surface area (Å²) in [6, 6.07) is 6.91. The van der Waals surface area contributed by atoms with Crippen LogP contribution >= 0.6 is 0 Å². The highest BCUT2D eigenvalue weighted by molar-refractivity contribution is 5.78. The van der Waals surface area contributed by atoms with Gasteiger partial charge in [0.1, 0.15) is 5.76 Å². The first-order chi connectivity index (χ1) is 9.20. The number of rotatable bonds is 7. The number of methoxy groups -OCH3 is 1. The lowest BCUT2D eigenvalue weighted by molar-refractivity contribution is 0.198. The molecule has 0 aliphatic heterocycles. The van der Waals surface area contributed by atoms with E-state index in [9.17, 15) is 4.39 Å². The number of halogens is 1. The Morgan fingerprint density at radius 3 is 3.00 bits per heavy atom. The maximum atomic E-state index is 13.5. The van der Waals surface area contributed by atoms with Crippen LogP contribution in [0.5, 0.6) is 0 Å². The minimum Gasteiger partial charge on any atom is -0.458 e. The van der Waals surface area contributed by atoms with Gasteiger partial charge in [-0.3, -0.25) is 0 Å². The molecule has 0 bridgehead atoms. The number of fused-ring (bicyclic) bond motifs is 1. The Morgan fingerprint density at radius 2 is 2.26 bits per heavy atom. The van der Waals surface area contributed by atoms with Gasteiger partial charge in [-0.15, -0.1) is 0 Å². The molecule has 1 heterocycles. The van der Waals surface area contributed by atoms with E-state index in [0.717, 1.165) is 30.7 Å². The molecule has 2 rings (SSSR count). The van der Waals surface area contributed by atoms with Crippen molar-refractivity contribution in [3.05, 3.63) is 35.8 Å². The van der Waals surface area contributed by atoms with Crippen molar-refractivity contribution in [1.82, 2.24) is 5.32 Å². The summed E-state index contributed by atoms with van der Waals surface area (Å²) in [5.74, 6) is 0.969. The van der Waals surface area contributed by atoms with E-state index in [2.05, 4.69) is 12.2 Å². The highest BCUT2D eigenvalue weighted by Crippen LogP contribution is 2.23. The number of benzene rings is 1. The first-order valence-electron chi connectivity index (χ1n) is 6.57. The monoisotopic (exact) mass is 265 g/mol. The summed E-state index contributed by atoms with van der Waals surface area (Å²) in [4.78, 5) is 0. The number of furan rings is 1. The highest BCUT2D eigenvalue weighted by atomic mass is 19.1. The molecule has 1 aromatic carbocycles. The van der Waals surface area contributed by atoms with Gasteiger partial charge in [0.2, 0.25) is 0 Å². The summed E-state index contributed by atoms with van der Waals surface area (Å²) in [7, 11) is 1.69. The Bertz CT molecular complexity index is 524. The number of hydrogen-bond acceptors (Lipinski definition) is 3. The second kappa shape index (κ2) is 6.68. The molecule has 0 fully saturated rings. The Kier molecular flexibility index (Phi) is 4.93. The van der Waals surface area contributed by atoms with Crippen molar-refractivity contribution in [2.24, 2.45) is 5.92 Å². The SMILES string of the molecule is COCCNCC(C)Cc1cc2cccc(F)c2o1. The lowest BCUT2D eigenvalue weighted by Crippen LogP contribution is -2.25. The lowest BCUT2D eigenvalue weighted by atomic mass is 10.1. The minimum absolute atomic E-state index is 0.297. The fraction of sp³-hybridized carbons (Fsp3) is 0.467. The topological polar surface area (TPSA) is 34.4 Å². The zero-order valence-electron chi connectivity index (χ0n) is 11.4. The van der Waals surface area contributed by atoms with Crippen LogP contribution in [0.15, 0.2) is 28.7 Å². The molecule has 0 amide bonds. The van der Waals surface area contributed by atoms with E-state index in [0.29, 0.717) is 18.1 Å². The Morgan fingerprint density at radius 1 is 1.42 bits per heavy atom. The molecule has 2 aromatic rings. The number of ether oxygens (including phenoxy) is 1. The molecule has 0 saturated carbocycles. The van der Waals surface area contributed by atoms with Gasteiger partial charge in [-0.1, -0.05) is 19.1 Å². The second-order valence-electron chi connectivity index (χ2n) is 4.88. The molecule has 0 radical (unpaired) electrons. The van der Waals surface area contributed by atoms with Gasteiger partial charge in [-0.2, -0.15) is 0 Å². The van der Waals surface area contributed by atoms with Crippen molar-refractivity contribution >= 4 is 11.0 Å². The minimum atomic E-state index is -0.297. The van der Waals surface area contributed by atoms with E-state index in [1.807, 2.05) is 12.1 Å². The molecule has 0 spiro atoms. The van der Waals surface area contributed by atoms with Crippen molar-refractivity contribution in [1.29, 1.82) is 0 Å². The zero-order valence-corrected chi connectivity index (χ0v) is 11.4. The Hall–Kier alpha value is -1.39. The second-order valence-corrected chi connectivity index (χ2v) is 4.88. The van der Waals surface area contributed by atoms with Crippen molar-refractivity contribution in [2.75, 3.05) is 26.8 Å². The van der Waals surface area contributed by atoms with E-state index in [4.69, 9.17) is 9.15 Å². The van der Waals surface area contributed by atoms with Crippen molar-refractivity contribution in [3.63, 3.8) is 0 Å². The maximum absolute atomic E-state index is 13.5. The van der Waals surface area contributed by atoms with Gasteiger partial charge in [0.05, 0.1) is 6.61 Å². The molecule has 1 aromatic heterocycles. The van der Waals surface area contributed by atoms with Gasteiger partial charge in [0.15, 0.2) is 11.4 Å². The van der Waals surface area contributed by atoms with Crippen molar-refractivity contribution in [2.45, 2.75) is 13.3 Å². The standard InChI is InChI=1S/C15H20FNO2/c1-11(10-17-6-7-18-2)8-13-9-12-4-3-5-14(16)15(12)19-13/h3-5,9,11,17H,6-8,10H2,1-2H3. The van der Waals surface area contributed by atoms with E-state index >= 15 is 0 Å². The largest absolute Gasteiger partial charge is 0.458 e. The molecule has 0 saturated heterocycles. The molecular formula is C15H20FNO2. The van der Waals surface area contributed by atoms with E-state index in [1.54, 1.807) is 13.2 Å². The fourth-order valence-electron chi connectivity index (χ4n) is 2.12. The quantitative estimate of drug-likeness (QED) is 0.781. The predicted molar refractivity (Wildman–Crippen MR) is 73.8 cm³/mol. The Balaban J connectivity index is 1.92. The molecule has 0 aliphatic carbocycles. The van der Waals surface area contributed by atoms with Gasteiger partial charge < -0.3 is 14.5 Å². The van der Waals surface area contributed by atoms with Crippen LogP contribution in [0.3, 0.4) is 0 Å². The third-order valence-corrected chi connectivity index (χ3v) is 3.07. The summed E-state index contributed by atoms with van der Waals surface area (Å²) >= 11 is 0. The molecule has 0 aliphatic rings. The van der Waals surface area contributed by atoms with Crippen LogP contribution in [0.2, 0.25) is 0 Å². The van der Waals surface area contributed by atoms with Crippen LogP contribution in [0, 0.1) is 11.7 Å². The van der Waals surface area contributed by atoms with Gasteiger partial charge >= 0.3 is 0 Å². The molecular weight excluding hydrogens is 245 g/mol. The molecule has 1 N–H and O–H groups in total. The molecule has 19 heavy (non-hydrogen) atoms. The summed E-state index contributed by atoms with van der Waals surface area (Å²) in [6.07, 6.45) is 0.800. The predicted octanol–water partition coefficient (Wildman–Crippen LogP) is 2.99. The Labute approximate surface area is 112 Å².